The monoisotopic (exact) mass is 234 g/mol. The van der Waals surface area contributed by atoms with Crippen molar-refractivity contribution >= 4 is 11.8 Å². The summed E-state index contributed by atoms with van der Waals surface area (Å²) in [6.45, 7) is 6.56. The van der Waals surface area contributed by atoms with Crippen LogP contribution in [0, 0.1) is 11.8 Å². The van der Waals surface area contributed by atoms with E-state index in [-0.39, 0.29) is 11.4 Å². The second kappa shape index (κ2) is 5.98. The van der Waals surface area contributed by atoms with Crippen LogP contribution in [0.2, 0.25) is 0 Å². The lowest BCUT2D eigenvalue weighted by Crippen LogP contribution is -2.07. The third kappa shape index (κ3) is 5.25. The van der Waals surface area contributed by atoms with Gasteiger partial charge in [-0.2, -0.15) is 11.8 Å². The molecule has 0 spiro atoms. The van der Waals surface area contributed by atoms with Crippen molar-refractivity contribution in [3.8, 4) is 11.8 Å². The molecule has 0 bridgehead atoms. The SMILES string of the molecule is CC(C)(C)SCc1cccc(C#CCO)c1. The molecule has 0 amide bonds. The molecule has 0 aromatic heterocycles. The van der Waals surface area contributed by atoms with E-state index in [0.29, 0.717) is 0 Å². The van der Waals surface area contributed by atoms with Crippen LogP contribution in [0.3, 0.4) is 0 Å². The Morgan fingerprint density at radius 3 is 2.69 bits per heavy atom. The van der Waals surface area contributed by atoms with Crippen LogP contribution in [0.1, 0.15) is 31.9 Å². The van der Waals surface area contributed by atoms with E-state index in [1.807, 2.05) is 23.9 Å². The van der Waals surface area contributed by atoms with Crippen molar-refractivity contribution in [2.24, 2.45) is 0 Å². The van der Waals surface area contributed by atoms with Crippen LogP contribution in [0.15, 0.2) is 24.3 Å². The van der Waals surface area contributed by atoms with Gasteiger partial charge in [-0.3, -0.25) is 0 Å². The van der Waals surface area contributed by atoms with E-state index in [9.17, 15) is 0 Å². The molecule has 1 aromatic rings. The van der Waals surface area contributed by atoms with Gasteiger partial charge in [-0.25, -0.2) is 0 Å². The van der Waals surface area contributed by atoms with Crippen molar-refractivity contribution in [2.75, 3.05) is 6.61 Å². The lowest BCUT2D eigenvalue weighted by atomic mass is 10.1. The fourth-order valence-corrected chi connectivity index (χ4v) is 1.96. The fourth-order valence-electron chi connectivity index (χ4n) is 1.18. The highest BCUT2D eigenvalue weighted by Crippen LogP contribution is 2.27. The minimum absolute atomic E-state index is 0.0824. The fraction of sp³-hybridized carbons (Fsp3) is 0.429. The van der Waals surface area contributed by atoms with Crippen molar-refractivity contribution in [1.82, 2.24) is 0 Å². The molecule has 1 aromatic carbocycles. The summed E-state index contributed by atoms with van der Waals surface area (Å²) in [7, 11) is 0. The van der Waals surface area contributed by atoms with Gasteiger partial charge in [-0.05, 0) is 17.7 Å². The van der Waals surface area contributed by atoms with Gasteiger partial charge >= 0.3 is 0 Å². The third-order valence-corrected chi connectivity index (χ3v) is 3.25. The highest BCUT2D eigenvalue weighted by molar-refractivity contribution is 7.99. The first-order valence-corrected chi connectivity index (χ1v) is 6.32. The Labute approximate surface area is 102 Å². The summed E-state index contributed by atoms with van der Waals surface area (Å²) in [5.74, 6) is 6.58. The molecule has 0 fully saturated rings. The summed E-state index contributed by atoms with van der Waals surface area (Å²) >= 11 is 1.92. The van der Waals surface area contributed by atoms with Gasteiger partial charge in [0.2, 0.25) is 0 Å². The Kier molecular flexibility index (Phi) is 4.92. The molecule has 16 heavy (non-hydrogen) atoms. The van der Waals surface area contributed by atoms with E-state index in [1.54, 1.807) is 0 Å². The van der Waals surface area contributed by atoms with Crippen LogP contribution in [0.25, 0.3) is 0 Å². The average molecular weight is 234 g/mol. The Hall–Kier alpha value is -0.910. The third-order valence-electron chi connectivity index (χ3n) is 1.91. The minimum Gasteiger partial charge on any atom is -0.384 e. The van der Waals surface area contributed by atoms with E-state index in [2.05, 4.69) is 44.7 Å². The van der Waals surface area contributed by atoms with Crippen LogP contribution in [0.5, 0.6) is 0 Å². The molecule has 0 unspecified atom stereocenters. The van der Waals surface area contributed by atoms with Crippen LogP contribution in [0.4, 0.5) is 0 Å². The van der Waals surface area contributed by atoms with Crippen molar-refractivity contribution in [1.29, 1.82) is 0 Å². The molecular formula is C14H18OS. The first-order valence-electron chi connectivity index (χ1n) is 5.34. The van der Waals surface area contributed by atoms with Crippen LogP contribution in [-0.4, -0.2) is 16.5 Å². The molecule has 0 aliphatic carbocycles. The molecule has 0 heterocycles. The van der Waals surface area contributed by atoms with E-state index >= 15 is 0 Å². The quantitative estimate of drug-likeness (QED) is 0.794. The Morgan fingerprint density at radius 1 is 1.31 bits per heavy atom. The molecule has 0 saturated carbocycles. The van der Waals surface area contributed by atoms with E-state index in [4.69, 9.17) is 5.11 Å². The predicted octanol–water partition coefficient (Wildman–Crippen LogP) is 3.06. The van der Waals surface area contributed by atoms with Crippen LogP contribution < -0.4 is 0 Å². The van der Waals surface area contributed by atoms with Crippen molar-refractivity contribution in [2.45, 2.75) is 31.3 Å². The number of aliphatic hydroxyl groups is 1. The van der Waals surface area contributed by atoms with Crippen molar-refractivity contribution < 1.29 is 5.11 Å². The number of aliphatic hydroxyl groups excluding tert-OH is 1. The first kappa shape index (κ1) is 13.2. The van der Waals surface area contributed by atoms with Gasteiger partial charge in [-0.1, -0.05) is 44.7 Å². The standard InChI is InChI=1S/C14H18OS/c1-14(2,3)16-11-13-7-4-6-12(10-13)8-5-9-15/h4,6-7,10,15H,9,11H2,1-3H3. The summed E-state index contributed by atoms with van der Waals surface area (Å²) in [5.41, 5.74) is 2.26. The van der Waals surface area contributed by atoms with Gasteiger partial charge < -0.3 is 5.11 Å². The average Bonchev–Trinajstić information content (AvgIpc) is 2.23. The maximum absolute atomic E-state index is 8.63. The Morgan fingerprint density at radius 2 is 2.06 bits per heavy atom. The highest BCUT2D eigenvalue weighted by Gasteiger charge is 2.10. The van der Waals surface area contributed by atoms with E-state index in [0.717, 1.165) is 11.3 Å². The molecule has 2 heteroatoms. The van der Waals surface area contributed by atoms with Gasteiger partial charge in [0.15, 0.2) is 0 Å². The van der Waals surface area contributed by atoms with Gasteiger partial charge in [-0.15, -0.1) is 0 Å². The molecule has 0 atom stereocenters. The molecule has 86 valence electrons. The molecular weight excluding hydrogens is 216 g/mol. The summed E-state index contributed by atoms with van der Waals surface area (Å²) in [5, 5.41) is 8.63. The summed E-state index contributed by atoms with van der Waals surface area (Å²) in [4.78, 5) is 0. The largest absolute Gasteiger partial charge is 0.384 e. The van der Waals surface area contributed by atoms with Crippen LogP contribution >= 0.6 is 11.8 Å². The summed E-state index contributed by atoms with van der Waals surface area (Å²) < 4.78 is 0.285. The molecule has 1 nitrogen and oxygen atoms in total. The zero-order valence-electron chi connectivity index (χ0n) is 10.1. The summed E-state index contributed by atoms with van der Waals surface area (Å²) in [6.07, 6.45) is 0. The zero-order valence-corrected chi connectivity index (χ0v) is 10.9. The molecule has 1 N–H and O–H groups in total. The van der Waals surface area contributed by atoms with Gasteiger partial charge in [0, 0.05) is 16.1 Å². The second-order valence-corrected chi connectivity index (χ2v) is 6.36. The number of benzene rings is 1. The van der Waals surface area contributed by atoms with Crippen molar-refractivity contribution in [3.63, 3.8) is 0 Å². The topological polar surface area (TPSA) is 20.2 Å². The smallest absolute Gasteiger partial charge is 0.104 e. The molecule has 1 rings (SSSR count). The van der Waals surface area contributed by atoms with E-state index in [1.165, 1.54) is 5.56 Å². The Bertz CT molecular complexity index is 393. The van der Waals surface area contributed by atoms with Gasteiger partial charge in [0.05, 0.1) is 0 Å². The molecule has 0 saturated heterocycles. The van der Waals surface area contributed by atoms with Crippen molar-refractivity contribution in [3.05, 3.63) is 35.4 Å². The zero-order chi connectivity index (χ0) is 12.0. The minimum atomic E-state index is -0.0824. The maximum Gasteiger partial charge on any atom is 0.104 e. The maximum atomic E-state index is 8.63. The number of hydrogen-bond donors (Lipinski definition) is 1. The number of thioether (sulfide) groups is 1. The lowest BCUT2D eigenvalue weighted by molar-refractivity contribution is 0.350. The molecule has 0 aliphatic rings. The highest BCUT2D eigenvalue weighted by atomic mass is 32.2. The Balaban J connectivity index is 2.68. The van der Waals surface area contributed by atoms with Gasteiger partial charge in [0.25, 0.3) is 0 Å². The van der Waals surface area contributed by atoms with Crippen LogP contribution in [-0.2, 0) is 5.75 Å². The molecule has 0 radical (unpaired) electrons. The normalized spacial score (nSPS) is 10.8. The predicted molar refractivity (Wildman–Crippen MR) is 71.5 cm³/mol. The van der Waals surface area contributed by atoms with Gasteiger partial charge in [0.1, 0.15) is 6.61 Å². The molecule has 0 aliphatic heterocycles. The number of rotatable bonds is 2. The number of hydrogen-bond acceptors (Lipinski definition) is 2. The lowest BCUT2D eigenvalue weighted by Gasteiger charge is -2.17. The second-order valence-electron chi connectivity index (χ2n) is 4.56. The first-order chi connectivity index (χ1) is 7.51. The summed E-state index contributed by atoms with van der Waals surface area (Å²) in [6, 6.07) is 8.18. The van der Waals surface area contributed by atoms with E-state index < -0.39 is 0 Å².